The van der Waals surface area contributed by atoms with Crippen LogP contribution in [0.5, 0.6) is 0 Å². The van der Waals surface area contributed by atoms with Crippen molar-refractivity contribution in [2.75, 3.05) is 0 Å². The van der Waals surface area contributed by atoms with Crippen molar-refractivity contribution >= 4 is 11.0 Å². The van der Waals surface area contributed by atoms with Gasteiger partial charge >= 0.3 is 0 Å². The maximum Gasteiger partial charge on any atom is 0.167 e. The van der Waals surface area contributed by atoms with E-state index in [9.17, 15) is 0 Å². The molecule has 0 saturated heterocycles. The molecule has 3 heteroatoms. The molecule has 0 bridgehead atoms. The van der Waals surface area contributed by atoms with Gasteiger partial charge in [0.25, 0.3) is 0 Å². The van der Waals surface area contributed by atoms with E-state index in [0.29, 0.717) is 0 Å². The first kappa shape index (κ1) is 8.92. The van der Waals surface area contributed by atoms with Crippen LogP contribution in [0.4, 0.5) is 0 Å². The van der Waals surface area contributed by atoms with Gasteiger partial charge in [0.05, 0.1) is 5.69 Å². The fourth-order valence-electron chi connectivity index (χ4n) is 2.09. The molecule has 0 spiro atoms. The molecule has 3 rings (SSSR count). The average molecular weight is 202 g/mol. The van der Waals surface area contributed by atoms with Gasteiger partial charge in [-0.15, -0.1) is 0 Å². The van der Waals surface area contributed by atoms with Gasteiger partial charge in [-0.25, -0.2) is 0 Å². The van der Waals surface area contributed by atoms with Crippen molar-refractivity contribution < 1.29 is 4.52 Å². The highest BCUT2D eigenvalue weighted by molar-refractivity contribution is 5.83. The Labute approximate surface area is 88.2 Å². The smallest absolute Gasteiger partial charge is 0.167 e. The number of nitrogens with zero attached hydrogens (tertiary/aromatic N) is 1. The minimum atomic E-state index is 0.0397. The van der Waals surface area contributed by atoms with Crippen LogP contribution in [0.25, 0.3) is 11.0 Å². The van der Waals surface area contributed by atoms with Gasteiger partial charge in [0.2, 0.25) is 0 Å². The van der Waals surface area contributed by atoms with Gasteiger partial charge in [0, 0.05) is 10.9 Å². The second-order valence-corrected chi connectivity index (χ2v) is 4.60. The summed E-state index contributed by atoms with van der Waals surface area (Å²) in [6, 6.07) is 6.09. The Balaban J connectivity index is 2.12. The molecule has 0 amide bonds. The van der Waals surface area contributed by atoms with E-state index in [1.165, 1.54) is 5.56 Å². The summed E-state index contributed by atoms with van der Waals surface area (Å²) in [7, 11) is 0. The molecule has 1 aliphatic rings. The quantitative estimate of drug-likeness (QED) is 0.812. The van der Waals surface area contributed by atoms with Gasteiger partial charge in [-0.2, -0.15) is 0 Å². The molecule has 1 aromatic heterocycles. The van der Waals surface area contributed by atoms with E-state index in [1.54, 1.807) is 0 Å². The van der Waals surface area contributed by atoms with Crippen molar-refractivity contribution in [3.63, 3.8) is 0 Å². The Morgan fingerprint density at radius 3 is 3.00 bits per heavy atom. The molecule has 3 nitrogen and oxygen atoms in total. The van der Waals surface area contributed by atoms with Crippen molar-refractivity contribution in [3.05, 3.63) is 29.5 Å². The number of aryl methyl sites for hydroxylation is 1. The normalized spacial score (nSPS) is 18.3. The number of aromatic nitrogens is 1. The topological polar surface area (TPSA) is 52.0 Å². The summed E-state index contributed by atoms with van der Waals surface area (Å²) >= 11 is 0. The fourth-order valence-corrected chi connectivity index (χ4v) is 2.09. The molecule has 1 aliphatic carbocycles. The molecule has 15 heavy (non-hydrogen) atoms. The number of hydrogen-bond donors (Lipinski definition) is 1. The third-order valence-electron chi connectivity index (χ3n) is 3.19. The van der Waals surface area contributed by atoms with Crippen LogP contribution in [0.3, 0.4) is 0 Å². The van der Waals surface area contributed by atoms with Gasteiger partial charge in [-0.1, -0.05) is 17.3 Å². The number of rotatable bonds is 2. The lowest BCUT2D eigenvalue weighted by molar-refractivity contribution is 0.450. The predicted octanol–water partition coefficient (Wildman–Crippen LogP) is 2.17. The Bertz CT molecular complexity index is 511. The second-order valence-electron chi connectivity index (χ2n) is 4.60. The van der Waals surface area contributed by atoms with Gasteiger partial charge in [-0.3, -0.25) is 0 Å². The molecule has 0 radical (unpaired) electrons. The standard InChI is InChI=1S/C12H14N2O/c1-8-11-9(7-12(13)5-6-12)3-2-4-10(11)15-14-8/h2-4H,5-7,13H2,1H3. The zero-order valence-electron chi connectivity index (χ0n) is 8.79. The first-order valence-corrected chi connectivity index (χ1v) is 5.31. The Hall–Kier alpha value is -1.35. The lowest BCUT2D eigenvalue weighted by Gasteiger charge is -2.08. The molecule has 1 aromatic carbocycles. The number of fused-ring (bicyclic) bond motifs is 1. The first-order chi connectivity index (χ1) is 7.18. The van der Waals surface area contributed by atoms with Crippen LogP contribution in [-0.4, -0.2) is 10.7 Å². The summed E-state index contributed by atoms with van der Waals surface area (Å²) in [6.07, 6.45) is 3.20. The van der Waals surface area contributed by atoms with E-state index in [-0.39, 0.29) is 5.54 Å². The molecule has 2 aromatic rings. The average Bonchev–Trinajstić information content (AvgIpc) is 2.80. The highest BCUT2D eigenvalue weighted by Crippen LogP contribution is 2.37. The largest absolute Gasteiger partial charge is 0.356 e. The summed E-state index contributed by atoms with van der Waals surface area (Å²) in [5, 5.41) is 5.14. The number of nitrogens with two attached hydrogens (primary N) is 1. The molecule has 0 unspecified atom stereocenters. The van der Waals surface area contributed by atoms with E-state index in [1.807, 2.05) is 19.1 Å². The van der Waals surface area contributed by atoms with Crippen LogP contribution < -0.4 is 5.73 Å². The zero-order valence-corrected chi connectivity index (χ0v) is 8.79. The van der Waals surface area contributed by atoms with Crippen LogP contribution in [0.1, 0.15) is 24.1 Å². The summed E-state index contributed by atoms with van der Waals surface area (Å²) in [5.74, 6) is 0. The molecule has 78 valence electrons. The lowest BCUT2D eigenvalue weighted by Crippen LogP contribution is -2.24. The van der Waals surface area contributed by atoms with Crippen molar-refractivity contribution in [1.29, 1.82) is 0 Å². The van der Waals surface area contributed by atoms with Gasteiger partial charge in [-0.05, 0) is 37.8 Å². The number of hydrogen-bond acceptors (Lipinski definition) is 3. The Kier molecular flexibility index (Phi) is 1.68. The Morgan fingerprint density at radius 2 is 2.27 bits per heavy atom. The maximum absolute atomic E-state index is 6.14. The second kappa shape index (κ2) is 2.83. The molecular formula is C12H14N2O. The summed E-state index contributed by atoms with van der Waals surface area (Å²) in [6.45, 7) is 1.98. The molecular weight excluding hydrogens is 188 g/mol. The van der Waals surface area contributed by atoms with E-state index in [2.05, 4.69) is 11.2 Å². The summed E-state index contributed by atoms with van der Waals surface area (Å²) < 4.78 is 5.23. The number of benzene rings is 1. The van der Waals surface area contributed by atoms with Crippen molar-refractivity contribution in [3.8, 4) is 0 Å². The summed E-state index contributed by atoms with van der Waals surface area (Å²) in [5.41, 5.74) is 9.28. The van der Waals surface area contributed by atoms with Gasteiger partial charge < -0.3 is 10.3 Å². The first-order valence-electron chi connectivity index (χ1n) is 5.31. The molecule has 0 aliphatic heterocycles. The van der Waals surface area contributed by atoms with Gasteiger partial charge in [0.15, 0.2) is 5.58 Å². The van der Waals surface area contributed by atoms with E-state index >= 15 is 0 Å². The van der Waals surface area contributed by atoms with Crippen molar-refractivity contribution in [2.24, 2.45) is 5.73 Å². The molecule has 2 N–H and O–H groups in total. The maximum atomic E-state index is 6.14. The lowest BCUT2D eigenvalue weighted by atomic mass is 10.0. The third kappa shape index (κ3) is 1.43. The van der Waals surface area contributed by atoms with Crippen LogP contribution in [0.15, 0.2) is 22.7 Å². The summed E-state index contributed by atoms with van der Waals surface area (Å²) in [4.78, 5) is 0. The van der Waals surface area contributed by atoms with E-state index in [0.717, 1.165) is 35.9 Å². The predicted molar refractivity (Wildman–Crippen MR) is 58.6 cm³/mol. The van der Waals surface area contributed by atoms with Crippen LogP contribution in [-0.2, 0) is 6.42 Å². The third-order valence-corrected chi connectivity index (χ3v) is 3.19. The van der Waals surface area contributed by atoms with Crippen LogP contribution >= 0.6 is 0 Å². The zero-order chi connectivity index (χ0) is 10.5. The Morgan fingerprint density at radius 1 is 1.47 bits per heavy atom. The van der Waals surface area contributed by atoms with E-state index < -0.39 is 0 Å². The minimum absolute atomic E-state index is 0.0397. The van der Waals surface area contributed by atoms with Crippen molar-refractivity contribution in [1.82, 2.24) is 5.16 Å². The molecule has 1 heterocycles. The minimum Gasteiger partial charge on any atom is -0.356 e. The highest BCUT2D eigenvalue weighted by Gasteiger charge is 2.38. The molecule has 0 atom stereocenters. The van der Waals surface area contributed by atoms with Crippen LogP contribution in [0, 0.1) is 6.92 Å². The monoisotopic (exact) mass is 202 g/mol. The molecule has 1 fully saturated rings. The highest BCUT2D eigenvalue weighted by atomic mass is 16.5. The van der Waals surface area contributed by atoms with Crippen molar-refractivity contribution in [2.45, 2.75) is 31.7 Å². The fraction of sp³-hybridized carbons (Fsp3) is 0.417. The SMILES string of the molecule is Cc1noc2cccc(CC3(N)CC3)c12. The van der Waals surface area contributed by atoms with Crippen LogP contribution in [0.2, 0.25) is 0 Å². The molecule has 1 saturated carbocycles. The van der Waals surface area contributed by atoms with E-state index in [4.69, 9.17) is 10.3 Å². The van der Waals surface area contributed by atoms with Gasteiger partial charge in [0.1, 0.15) is 0 Å².